The maximum atomic E-state index is 12.0. The zero-order valence-electron chi connectivity index (χ0n) is 18.4. The van der Waals surface area contributed by atoms with Gasteiger partial charge in [-0.05, 0) is 0 Å². The predicted octanol–water partition coefficient (Wildman–Crippen LogP) is -1.59. The maximum Gasteiger partial charge on any atom is 0.236 e. The second-order valence-electron chi connectivity index (χ2n) is 8.39. The predicted molar refractivity (Wildman–Crippen MR) is 110 cm³/mol. The molecule has 180 valence electrons. The minimum atomic E-state index is -0.292. The van der Waals surface area contributed by atoms with Crippen LogP contribution >= 0.6 is 0 Å². The molecule has 6 heterocycles. The molecule has 6 rings (SSSR count). The molecule has 4 bridgehead atoms. The quantitative estimate of drug-likeness (QED) is 0.364. The van der Waals surface area contributed by atoms with Crippen LogP contribution in [-0.4, -0.2) is 98.6 Å². The number of imide groups is 2. The van der Waals surface area contributed by atoms with Gasteiger partial charge in [-0.3, -0.25) is 29.4 Å². The van der Waals surface area contributed by atoms with Crippen LogP contribution in [0.3, 0.4) is 0 Å². The smallest absolute Gasteiger partial charge is 0.236 e. The number of fused-ring (bicyclic) bond motifs is 10. The van der Waals surface area contributed by atoms with E-state index in [1.165, 1.54) is 4.90 Å². The van der Waals surface area contributed by atoms with Crippen LogP contribution in [0.4, 0.5) is 0 Å². The number of aliphatic hydroxyl groups excluding tert-OH is 1. The van der Waals surface area contributed by atoms with E-state index < -0.39 is 0 Å². The van der Waals surface area contributed by atoms with Crippen LogP contribution in [-0.2, 0) is 38.1 Å². The van der Waals surface area contributed by atoms with Gasteiger partial charge in [-0.2, -0.15) is 0 Å². The molecule has 0 aromatic carbocycles. The number of carbonyl (C=O) groups excluding carboxylic acids is 4. The third-order valence-corrected chi connectivity index (χ3v) is 6.57. The van der Waals surface area contributed by atoms with Gasteiger partial charge in [0, 0.05) is 14.2 Å². The molecule has 4 amide bonds. The van der Waals surface area contributed by atoms with Gasteiger partial charge in [0.15, 0.2) is 0 Å². The van der Waals surface area contributed by atoms with Gasteiger partial charge in [-0.25, -0.2) is 0 Å². The number of methoxy groups -OCH3 is 2. The van der Waals surface area contributed by atoms with Gasteiger partial charge in [0.1, 0.15) is 0 Å². The van der Waals surface area contributed by atoms with Crippen molar-refractivity contribution in [1.29, 1.82) is 0 Å². The SMILES string of the molecule is COCCN1C(=O)[C@@H]2[C@H](C1=O)[C@H]1C=C[C@@H]2O1.COCCO.O=C1NC(=O)[C@H]2[C@@H]1[C@@H]1C=C[C@H]2O1. The van der Waals surface area contributed by atoms with Crippen LogP contribution in [0, 0.1) is 23.7 Å². The summed E-state index contributed by atoms with van der Waals surface area (Å²) in [6, 6.07) is 0. The fourth-order valence-electron chi connectivity index (χ4n) is 5.08. The van der Waals surface area contributed by atoms with E-state index in [0.717, 1.165) is 0 Å². The number of ether oxygens (including phenoxy) is 4. The molecule has 8 atom stereocenters. The lowest BCUT2D eigenvalue weighted by Crippen LogP contribution is -2.36. The third-order valence-electron chi connectivity index (χ3n) is 6.57. The molecular formula is C22H28N2O9. The summed E-state index contributed by atoms with van der Waals surface area (Å²) in [4.78, 5) is 47.8. The first-order valence-electron chi connectivity index (χ1n) is 10.9. The van der Waals surface area contributed by atoms with Gasteiger partial charge < -0.3 is 24.1 Å². The average Bonchev–Trinajstić information content (AvgIpc) is 3.63. The number of carbonyl (C=O) groups is 4. The first-order chi connectivity index (χ1) is 15.9. The molecule has 0 aromatic rings. The van der Waals surface area contributed by atoms with Gasteiger partial charge in [-0.15, -0.1) is 0 Å². The van der Waals surface area contributed by atoms with E-state index in [0.29, 0.717) is 19.8 Å². The second-order valence-corrected chi connectivity index (χ2v) is 8.39. The highest BCUT2D eigenvalue weighted by Gasteiger charge is 2.60. The highest BCUT2D eigenvalue weighted by molar-refractivity contribution is 6.07. The largest absolute Gasteiger partial charge is 0.394 e. The van der Waals surface area contributed by atoms with E-state index in [1.54, 1.807) is 14.2 Å². The molecule has 11 nitrogen and oxygen atoms in total. The second kappa shape index (κ2) is 9.82. The van der Waals surface area contributed by atoms with Crippen LogP contribution in [0.5, 0.6) is 0 Å². The molecule has 4 saturated heterocycles. The summed E-state index contributed by atoms with van der Waals surface area (Å²) in [7, 11) is 3.11. The van der Waals surface area contributed by atoms with Crippen molar-refractivity contribution in [2.24, 2.45) is 23.7 Å². The highest BCUT2D eigenvalue weighted by Crippen LogP contribution is 2.45. The monoisotopic (exact) mass is 464 g/mol. The Morgan fingerprint density at radius 1 is 0.788 bits per heavy atom. The molecule has 0 aliphatic carbocycles. The van der Waals surface area contributed by atoms with Crippen molar-refractivity contribution in [2.75, 3.05) is 40.6 Å². The van der Waals surface area contributed by atoms with Crippen molar-refractivity contribution < 1.29 is 43.2 Å². The number of hydrogen-bond acceptors (Lipinski definition) is 9. The van der Waals surface area contributed by atoms with Crippen LogP contribution in [0.2, 0.25) is 0 Å². The fourth-order valence-corrected chi connectivity index (χ4v) is 5.08. The molecular weight excluding hydrogens is 436 g/mol. The van der Waals surface area contributed by atoms with Crippen molar-refractivity contribution >= 4 is 23.6 Å². The molecule has 0 aromatic heterocycles. The summed E-state index contributed by atoms with van der Waals surface area (Å²) in [6.07, 6.45) is 6.79. The number of likely N-dealkylation sites (tertiary alicyclic amines) is 1. The zero-order valence-corrected chi connectivity index (χ0v) is 18.4. The van der Waals surface area contributed by atoms with Crippen molar-refractivity contribution in [3.8, 4) is 0 Å². The van der Waals surface area contributed by atoms with E-state index in [1.807, 2.05) is 24.3 Å². The lowest BCUT2D eigenvalue weighted by molar-refractivity contribution is -0.143. The number of aliphatic hydroxyl groups is 1. The highest BCUT2D eigenvalue weighted by atomic mass is 16.5. The Morgan fingerprint density at radius 3 is 1.58 bits per heavy atom. The van der Waals surface area contributed by atoms with Gasteiger partial charge in [0.2, 0.25) is 23.6 Å². The van der Waals surface area contributed by atoms with Gasteiger partial charge in [-0.1, -0.05) is 24.3 Å². The van der Waals surface area contributed by atoms with Gasteiger partial charge >= 0.3 is 0 Å². The molecule has 4 fully saturated rings. The molecule has 6 aliphatic rings. The van der Waals surface area contributed by atoms with E-state index in [-0.39, 0.29) is 78.3 Å². The Labute approximate surface area is 190 Å². The lowest BCUT2D eigenvalue weighted by Gasteiger charge is -2.16. The van der Waals surface area contributed by atoms with E-state index in [2.05, 4.69) is 10.1 Å². The summed E-state index contributed by atoms with van der Waals surface area (Å²) in [5.74, 6) is -1.67. The normalized spacial score (nSPS) is 38.2. The van der Waals surface area contributed by atoms with Crippen molar-refractivity contribution in [2.45, 2.75) is 24.4 Å². The number of hydrogen-bond donors (Lipinski definition) is 2. The van der Waals surface area contributed by atoms with Crippen molar-refractivity contribution in [1.82, 2.24) is 10.2 Å². The summed E-state index contributed by atoms with van der Waals surface area (Å²) >= 11 is 0. The molecule has 0 radical (unpaired) electrons. The first-order valence-corrected chi connectivity index (χ1v) is 10.9. The molecule has 33 heavy (non-hydrogen) atoms. The number of amides is 4. The number of nitrogens with one attached hydrogen (secondary N) is 1. The van der Waals surface area contributed by atoms with Crippen LogP contribution < -0.4 is 5.32 Å². The van der Waals surface area contributed by atoms with Crippen molar-refractivity contribution in [3.05, 3.63) is 24.3 Å². The third kappa shape index (κ3) is 4.15. The molecule has 0 spiro atoms. The standard InChI is InChI=1S/C11H13NO4.C8H7NO3.C3H8O2/c1-15-5-4-12-10(13)8-6-2-3-7(16-6)9(8)11(12)14;10-7-5-3-1-2-4(12-3)6(5)8(11)9-7;1-5-3-2-4/h2-3,6-9H,4-5H2,1H3;1-6H,(H,9,10,11);4H,2-3H2,1H3/t6-,7+,8-,9+;3-,4+,5-,6+;. The topological polar surface area (TPSA) is 141 Å². The summed E-state index contributed by atoms with van der Waals surface area (Å²) in [5, 5.41) is 10.3. The van der Waals surface area contributed by atoms with E-state index in [4.69, 9.17) is 19.3 Å². The zero-order chi connectivity index (χ0) is 23.7. The fraction of sp³-hybridized carbons (Fsp3) is 0.636. The minimum absolute atomic E-state index is 0.107. The first kappa shape index (κ1) is 23.7. The summed E-state index contributed by atoms with van der Waals surface area (Å²) in [6.45, 7) is 1.30. The van der Waals surface area contributed by atoms with E-state index >= 15 is 0 Å². The molecule has 0 saturated carbocycles. The number of nitrogens with zero attached hydrogens (tertiary/aromatic N) is 1. The summed E-state index contributed by atoms with van der Waals surface area (Å²) in [5.41, 5.74) is 0. The lowest BCUT2D eigenvalue weighted by atomic mass is 9.85. The maximum absolute atomic E-state index is 12.0. The molecule has 11 heteroatoms. The molecule has 2 N–H and O–H groups in total. The Kier molecular flexibility index (Phi) is 7.05. The Bertz CT molecular complexity index is 812. The van der Waals surface area contributed by atoms with Crippen molar-refractivity contribution in [3.63, 3.8) is 0 Å². The minimum Gasteiger partial charge on any atom is -0.394 e. The summed E-state index contributed by atoms with van der Waals surface area (Å²) < 4.78 is 20.2. The Balaban J connectivity index is 0.000000135. The van der Waals surface area contributed by atoms with E-state index in [9.17, 15) is 19.2 Å². The van der Waals surface area contributed by atoms with Gasteiger partial charge in [0.05, 0.1) is 74.5 Å². The molecule has 6 aliphatic heterocycles. The van der Waals surface area contributed by atoms with Crippen LogP contribution in [0.25, 0.3) is 0 Å². The number of rotatable bonds is 5. The Morgan fingerprint density at radius 2 is 1.21 bits per heavy atom. The van der Waals surface area contributed by atoms with Crippen LogP contribution in [0.1, 0.15) is 0 Å². The van der Waals surface area contributed by atoms with Gasteiger partial charge in [0.25, 0.3) is 0 Å². The van der Waals surface area contributed by atoms with Crippen LogP contribution in [0.15, 0.2) is 24.3 Å². The Hall–Kier alpha value is -2.44. The average molecular weight is 464 g/mol. The molecule has 0 unspecified atom stereocenters.